The van der Waals surface area contributed by atoms with Crippen molar-refractivity contribution in [3.8, 4) is 11.3 Å². The summed E-state index contributed by atoms with van der Waals surface area (Å²) in [6, 6.07) is 6.59. The lowest BCUT2D eigenvalue weighted by molar-refractivity contribution is -0.137. The molecule has 3 aromatic rings. The minimum atomic E-state index is -4.55. The summed E-state index contributed by atoms with van der Waals surface area (Å²) in [5, 5.41) is 1.56. The number of H-pyrrole nitrogens is 1. The zero-order chi connectivity index (χ0) is 24.0. The van der Waals surface area contributed by atoms with Crippen LogP contribution in [-0.2, 0) is 6.18 Å². The minimum absolute atomic E-state index is 0.0296. The monoisotopic (exact) mass is 483 g/mol. The molecule has 0 fully saturated rings. The summed E-state index contributed by atoms with van der Waals surface area (Å²) >= 11 is 12.9. The number of aromatic amines is 1. The number of alkyl halides is 3. The predicted octanol–water partition coefficient (Wildman–Crippen LogP) is 6.61. The van der Waals surface area contributed by atoms with E-state index < -0.39 is 11.7 Å². The summed E-state index contributed by atoms with van der Waals surface area (Å²) in [7, 11) is 1.59. The van der Waals surface area contributed by atoms with Gasteiger partial charge in [-0.1, -0.05) is 68.8 Å². The number of allylic oxidation sites excluding steroid dienone is 2. The molecule has 0 aliphatic carbocycles. The molecule has 1 aromatic carbocycles. The standard InChI is InChI=1S/C22H22Cl2F3N5/c1-11(21(2,3)4)16(23)18(32(5)28)20-30-15-10-14(29-19(24)17(15)31-20)12-8-6-7-9-13(12)22(25,26)27/h6-10H,1,28H2,2-5H3,(H,30,31)/b18-16+. The van der Waals surface area contributed by atoms with Crippen molar-refractivity contribution in [2.24, 2.45) is 11.3 Å². The zero-order valence-electron chi connectivity index (χ0n) is 17.9. The first-order chi connectivity index (χ1) is 14.7. The predicted molar refractivity (Wildman–Crippen MR) is 123 cm³/mol. The van der Waals surface area contributed by atoms with Gasteiger partial charge >= 0.3 is 6.18 Å². The molecule has 0 saturated carbocycles. The highest BCUT2D eigenvalue weighted by Gasteiger charge is 2.34. The molecule has 0 aliphatic heterocycles. The van der Waals surface area contributed by atoms with Gasteiger partial charge in [0.15, 0.2) is 11.0 Å². The fraction of sp³-hybridized carbons (Fsp3) is 0.273. The summed E-state index contributed by atoms with van der Waals surface area (Å²) in [5.41, 5.74) is 0.456. The third-order valence-corrected chi connectivity index (χ3v) is 5.57. The number of hydrogen-bond donors (Lipinski definition) is 2. The van der Waals surface area contributed by atoms with Crippen LogP contribution < -0.4 is 5.84 Å². The Morgan fingerprint density at radius 2 is 1.78 bits per heavy atom. The molecule has 0 amide bonds. The van der Waals surface area contributed by atoms with Crippen molar-refractivity contribution in [1.29, 1.82) is 0 Å². The SMILES string of the molecule is C=C(/C(Cl)=C(/c1nc2cc(-c3ccccc3C(F)(F)F)nc(Cl)c2[nH]1)N(C)N)C(C)(C)C. The van der Waals surface area contributed by atoms with Crippen molar-refractivity contribution in [3.63, 3.8) is 0 Å². The Kier molecular flexibility index (Phi) is 6.34. The van der Waals surface area contributed by atoms with Gasteiger partial charge in [-0.15, -0.1) is 0 Å². The fourth-order valence-electron chi connectivity index (χ4n) is 3.07. The number of imidazole rings is 1. The third kappa shape index (κ3) is 4.62. The topological polar surface area (TPSA) is 70.8 Å². The van der Waals surface area contributed by atoms with Crippen LogP contribution in [0.4, 0.5) is 13.2 Å². The number of nitrogens with one attached hydrogen (secondary N) is 1. The van der Waals surface area contributed by atoms with E-state index in [0.29, 0.717) is 27.3 Å². The Balaban J connectivity index is 2.22. The normalized spacial score (nSPS) is 13.3. The molecule has 0 unspecified atom stereocenters. The van der Waals surface area contributed by atoms with E-state index in [2.05, 4.69) is 21.5 Å². The maximum Gasteiger partial charge on any atom is 0.417 e. The first-order valence-electron chi connectivity index (χ1n) is 9.53. The maximum absolute atomic E-state index is 13.5. The van der Waals surface area contributed by atoms with Gasteiger partial charge in [-0.25, -0.2) is 15.8 Å². The van der Waals surface area contributed by atoms with Crippen LogP contribution in [0.3, 0.4) is 0 Å². The lowest BCUT2D eigenvalue weighted by atomic mass is 9.87. The summed E-state index contributed by atoms with van der Waals surface area (Å²) in [6.07, 6.45) is -4.55. The number of rotatable bonds is 4. The number of hydrazine groups is 1. The van der Waals surface area contributed by atoms with Crippen LogP contribution in [0.5, 0.6) is 0 Å². The van der Waals surface area contributed by atoms with Gasteiger partial charge in [0.25, 0.3) is 0 Å². The van der Waals surface area contributed by atoms with E-state index >= 15 is 0 Å². The molecule has 3 N–H and O–H groups in total. The van der Waals surface area contributed by atoms with Gasteiger partial charge in [-0.05, 0) is 23.1 Å². The van der Waals surface area contributed by atoms with Crippen molar-refractivity contribution in [2.75, 3.05) is 7.05 Å². The van der Waals surface area contributed by atoms with Crippen LogP contribution in [0.2, 0.25) is 5.15 Å². The van der Waals surface area contributed by atoms with Crippen LogP contribution in [0, 0.1) is 5.41 Å². The van der Waals surface area contributed by atoms with Crippen LogP contribution in [0.25, 0.3) is 28.0 Å². The number of fused-ring (bicyclic) bond motifs is 1. The van der Waals surface area contributed by atoms with Gasteiger partial charge in [-0.2, -0.15) is 13.2 Å². The summed E-state index contributed by atoms with van der Waals surface area (Å²) in [5.74, 6) is 6.30. The van der Waals surface area contributed by atoms with E-state index in [-0.39, 0.29) is 27.6 Å². The van der Waals surface area contributed by atoms with E-state index in [0.717, 1.165) is 6.07 Å². The van der Waals surface area contributed by atoms with Crippen molar-refractivity contribution in [3.05, 3.63) is 64.1 Å². The van der Waals surface area contributed by atoms with Gasteiger partial charge < -0.3 is 9.99 Å². The van der Waals surface area contributed by atoms with Crippen LogP contribution >= 0.6 is 23.2 Å². The highest BCUT2D eigenvalue weighted by molar-refractivity contribution is 6.35. The van der Waals surface area contributed by atoms with Crippen LogP contribution in [0.1, 0.15) is 32.2 Å². The number of pyridine rings is 1. The molecule has 0 spiro atoms. The molecule has 0 radical (unpaired) electrons. The molecule has 2 heterocycles. The van der Waals surface area contributed by atoms with Crippen molar-refractivity contribution in [2.45, 2.75) is 26.9 Å². The number of benzene rings is 1. The molecule has 32 heavy (non-hydrogen) atoms. The molecular weight excluding hydrogens is 462 g/mol. The molecule has 0 saturated heterocycles. The van der Waals surface area contributed by atoms with Gasteiger partial charge in [-0.3, -0.25) is 0 Å². The quantitative estimate of drug-likeness (QED) is 0.189. The Hall–Kier alpha value is -2.55. The van der Waals surface area contributed by atoms with E-state index in [9.17, 15) is 13.2 Å². The van der Waals surface area contributed by atoms with Crippen LogP contribution in [0.15, 0.2) is 47.5 Å². The number of hydrogen-bond acceptors (Lipinski definition) is 4. The second kappa shape index (κ2) is 8.42. The van der Waals surface area contributed by atoms with Crippen molar-refractivity contribution in [1.82, 2.24) is 20.0 Å². The Labute approximate surface area is 193 Å². The second-order valence-electron chi connectivity index (χ2n) is 8.32. The molecule has 3 rings (SSSR count). The molecule has 2 aromatic heterocycles. The first kappa shape index (κ1) is 24.1. The largest absolute Gasteiger partial charge is 0.417 e. The van der Waals surface area contributed by atoms with E-state index in [4.69, 9.17) is 29.0 Å². The van der Waals surface area contributed by atoms with Gasteiger partial charge in [0.05, 0.1) is 21.8 Å². The summed E-state index contributed by atoms with van der Waals surface area (Å²) in [6.45, 7) is 9.92. The zero-order valence-corrected chi connectivity index (χ0v) is 19.4. The molecule has 170 valence electrons. The number of aromatic nitrogens is 3. The molecule has 0 atom stereocenters. The number of halogens is 5. The van der Waals surface area contributed by atoms with Gasteiger partial charge in [0, 0.05) is 12.6 Å². The summed E-state index contributed by atoms with van der Waals surface area (Å²) < 4.78 is 40.4. The molecular formula is C22H22Cl2F3N5. The lowest BCUT2D eigenvalue weighted by Crippen LogP contribution is -2.26. The smallest absolute Gasteiger partial charge is 0.334 e. The number of nitrogens with two attached hydrogens (primary N) is 1. The van der Waals surface area contributed by atoms with E-state index in [1.165, 1.54) is 29.3 Å². The Morgan fingerprint density at radius 3 is 2.34 bits per heavy atom. The van der Waals surface area contributed by atoms with Crippen molar-refractivity contribution < 1.29 is 13.2 Å². The molecule has 5 nitrogen and oxygen atoms in total. The molecule has 0 bridgehead atoms. The lowest BCUT2D eigenvalue weighted by Gasteiger charge is -2.25. The molecule has 10 heteroatoms. The number of nitrogens with zero attached hydrogens (tertiary/aromatic N) is 3. The average Bonchev–Trinajstić information content (AvgIpc) is 3.09. The fourth-order valence-corrected chi connectivity index (χ4v) is 3.82. The van der Waals surface area contributed by atoms with E-state index in [1.54, 1.807) is 7.05 Å². The summed E-state index contributed by atoms with van der Waals surface area (Å²) in [4.78, 5) is 11.7. The first-order valence-corrected chi connectivity index (χ1v) is 10.3. The van der Waals surface area contributed by atoms with E-state index in [1.807, 2.05) is 20.8 Å². The Bertz CT molecular complexity index is 1220. The maximum atomic E-state index is 13.5. The van der Waals surface area contributed by atoms with Gasteiger partial charge in [0.2, 0.25) is 0 Å². The highest BCUT2D eigenvalue weighted by atomic mass is 35.5. The average molecular weight is 484 g/mol. The van der Waals surface area contributed by atoms with Crippen molar-refractivity contribution >= 4 is 39.9 Å². The molecule has 0 aliphatic rings. The Morgan fingerprint density at radius 1 is 1.16 bits per heavy atom. The third-order valence-electron chi connectivity index (χ3n) is 4.89. The highest BCUT2D eigenvalue weighted by Crippen LogP contribution is 2.39. The minimum Gasteiger partial charge on any atom is -0.334 e. The van der Waals surface area contributed by atoms with Gasteiger partial charge in [0.1, 0.15) is 11.2 Å². The second-order valence-corrected chi connectivity index (χ2v) is 9.06. The van der Waals surface area contributed by atoms with Crippen LogP contribution in [-0.4, -0.2) is 27.0 Å².